The van der Waals surface area contributed by atoms with Gasteiger partial charge >= 0.3 is 5.97 Å². The Morgan fingerprint density at radius 1 is 1.00 bits per heavy atom. The van der Waals surface area contributed by atoms with E-state index in [1.165, 1.54) is 36.9 Å². The van der Waals surface area contributed by atoms with Gasteiger partial charge in [-0.2, -0.15) is 0 Å². The molecule has 7 heteroatoms. The van der Waals surface area contributed by atoms with Gasteiger partial charge in [0.25, 0.3) is 5.91 Å². The third kappa shape index (κ3) is 4.90. The van der Waals surface area contributed by atoms with Gasteiger partial charge in [0.1, 0.15) is 16.5 Å². The standard InChI is InChI=1S/C22H27NO5S/c1-4-28-22(25)19-17-9-7-5-6-8-10-18(17)29-21(19)23-20(24)14-11-15(26-2)13-16(12-14)27-3/h11-13H,4-10H2,1-3H3,(H,23,24). The number of amides is 1. The van der Waals surface area contributed by atoms with Crippen LogP contribution in [0.25, 0.3) is 0 Å². The molecule has 1 aromatic heterocycles. The summed E-state index contributed by atoms with van der Waals surface area (Å²) in [5, 5.41) is 3.49. The number of fused-ring (bicyclic) bond motifs is 1. The number of anilines is 1. The van der Waals surface area contributed by atoms with E-state index in [9.17, 15) is 9.59 Å². The summed E-state index contributed by atoms with van der Waals surface area (Å²) in [5.74, 6) is 0.364. The van der Waals surface area contributed by atoms with Crippen LogP contribution in [0.5, 0.6) is 11.5 Å². The Hall–Kier alpha value is -2.54. The minimum absolute atomic E-state index is 0.296. The Labute approximate surface area is 175 Å². The van der Waals surface area contributed by atoms with Crippen LogP contribution < -0.4 is 14.8 Å². The summed E-state index contributed by atoms with van der Waals surface area (Å²) in [4.78, 5) is 26.8. The molecule has 1 N–H and O–H groups in total. The van der Waals surface area contributed by atoms with E-state index in [0.717, 1.165) is 37.7 Å². The third-order valence-electron chi connectivity index (χ3n) is 4.99. The Kier molecular flexibility index (Phi) is 7.14. The lowest BCUT2D eigenvalue weighted by atomic mass is 9.96. The molecule has 0 bridgehead atoms. The first-order chi connectivity index (χ1) is 14.1. The molecule has 29 heavy (non-hydrogen) atoms. The number of hydrogen-bond donors (Lipinski definition) is 1. The number of methoxy groups -OCH3 is 2. The van der Waals surface area contributed by atoms with Crippen LogP contribution in [0, 0.1) is 0 Å². The first-order valence-electron chi connectivity index (χ1n) is 9.93. The maximum atomic E-state index is 13.0. The van der Waals surface area contributed by atoms with Crippen molar-refractivity contribution in [1.82, 2.24) is 0 Å². The SMILES string of the molecule is CCOC(=O)c1c(NC(=O)c2cc(OC)cc(OC)c2)sc2c1CCCCCC2. The Morgan fingerprint density at radius 2 is 1.66 bits per heavy atom. The number of ether oxygens (including phenoxy) is 3. The van der Waals surface area contributed by atoms with Crippen molar-refractivity contribution >= 4 is 28.2 Å². The van der Waals surface area contributed by atoms with Gasteiger partial charge in [-0.3, -0.25) is 4.79 Å². The van der Waals surface area contributed by atoms with Gasteiger partial charge in [0.05, 0.1) is 26.4 Å². The lowest BCUT2D eigenvalue weighted by Crippen LogP contribution is -2.15. The highest BCUT2D eigenvalue weighted by atomic mass is 32.1. The van der Waals surface area contributed by atoms with Gasteiger partial charge in [0.15, 0.2) is 0 Å². The summed E-state index contributed by atoms with van der Waals surface area (Å²) < 4.78 is 15.8. The fourth-order valence-electron chi connectivity index (χ4n) is 3.54. The zero-order valence-corrected chi connectivity index (χ0v) is 17.9. The number of aryl methyl sites for hydroxylation is 1. The number of thiophene rings is 1. The van der Waals surface area contributed by atoms with E-state index >= 15 is 0 Å². The molecule has 0 saturated heterocycles. The molecule has 2 aromatic rings. The van der Waals surface area contributed by atoms with Crippen molar-refractivity contribution in [3.63, 3.8) is 0 Å². The van der Waals surface area contributed by atoms with Crippen LogP contribution in [0.15, 0.2) is 18.2 Å². The number of hydrogen-bond acceptors (Lipinski definition) is 6. The highest BCUT2D eigenvalue weighted by Crippen LogP contribution is 2.38. The monoisotopic (exact) mass is 417 g/mol. The molecule has 0 unspecified atom stereocenters. The maximum absolute atomic E-state index is 13.0. The zero-order chi connectivity index (χ0) is 20.8. The molecular weight excluding hydrogens is 390 g/mol. The van der Waals surface area contributed by atoms with Gasteiger partial charge < -0.3 is 19.5 Å². The van der Waals surface area contributed by atoms with Crippen LogP contribution in [-0.2, 0) is 17.6 Å². The summed E-state index contributed by atoms with van der Waals surface area (Å²) >= 11 is 1.49. The predicted octanol–water partition coefficient (Wildman–Crippen LogP) is 4.85. The largest absolute Gasteiger partial charge is 0.497 e. The van der Waals surface area contributed by atoms with Crippen LogP contribution >= 0.6 is 11.3 Å². The Morgan fingerprint density at radius 3 is 2.28 bits per heavy atom. The summed E-state index contributed by atoms with van der Waals surface area (Å²) in [5.41, 5.74) is 1.94. The minimum Gasteiger partial charge on any atom is -0.497 e. The number of carbonyl (C=O) groups is 2. The van der Waals surface area contributed by atoms with Crippen molar-refractivity contribution in [2.45, 2.75) is 45.4 Å². The van der Waals surface area contributed by atoms with E-state index < -0.39 is 0 Å². The summed E-state index contributed by atoms with van der Waals surface area (Å²) in [6, 6.07) is 4.99. The topological polar surface area (TPSA) is 73.9 Å². The van der Waals surface area contributed by atoms with E-state index in [-0.39, 0.29) is 11.9 Å². The molecule has 0 spiro atoms. The van der Waals surface area contributed by atoms with Crippen molar-refractivity contribution in [3.8, 4) is 11.5 Å². The molecule has 6 nitrogen and oxygen atoms in total. The summed E-state index contributed by atoms with van der Waals surface area (Å²) in [6.45, 7) is 2.08. The smallest absolute Gasteiger partial charge is 0.341 e. The van der Waals surface area contributed by atoms with E-state index in [4.69, 9.17) is 14.2 Å². The van der Waals surface area contributed by atoms with Crippen molar-refractivity contribution in [2.24, 2.45) is 0 Å². The van der Waals surface area contributed by atoms with Crippen LogP contribution in [0.1, 0.15) is 63.8 Å². The molecule has 0 fully saturated rings. The normalized spacial score (nSPS) is 13.6. The molecule has 1 heterocycles. The van der Waals surface area contributed by atoms with Gasteiger partial charge in [-0.15, -0.1) is 11.3 Å². The average molecular weight is 418 g/mol. The molecule has 3 rings (SSSR count). The fraction of sp³-hybridized carbons (Fsp3) is 0.455. The Bertz CT molecular complexity index is 867. The van der Waals surface area contributed by atoms with Gasteiger partial charge in [-0.05, 0) is 50.3 Å². The average Bonchev–Trinajstić information content (AvgIpc) is 3.03. The molecule has 0 atom stereocenters. The van der Waals surface area contributed by atoms with E-state index in [1.807, 2.05) is 0 Å². The number of esters is 1. The zero-order valence-electron chi connectivity index (χ0n) is 17.1. The second kappa shape index (κ2) is 9.78. The van der Waals surface area contributed by atoms with Gasteiger partial charge in [-0.25, -0.2) is 4.79 Å². The van der Waals surface area contributed by atoms with Crippen LogP contribution in [0.4, 0.5) is 5.00 Å². The summed E-state index contributed by atoms with van der Waals surface area (Å²) in [6.07, 6.45) is 6.24. The molecule has 0 aliphatic heterocycles. The Balaban J connectivity index is 1.96. The van der Waals surface area contributed by atoms with Crippen molar-refractivity contribution < 1.29 is 23.8 Å². The molecule has 1 aromatic carbocycles. The third-order valence-corrected chi connectivity index (χ3v) is 6.20. The van der Waals surface area contributed by atoms with Crippen LogP contribution in [0.3, 0.4) is 0 Å². The van der Waals surface area contributed by atoms with Crippen molar-refractivity contribution in [1.29, 1.82) is 0 Å². The van der Waals surface area contributed by atoms with Gasteiger partial charge in [-0.1, -0.05) is 12.8 Å². The van der Waals surface area contributed by atoms with Crippen molar-refractivity contribution in [2.75, 3.05) is 26.1 Å². The molecule has 1 amide bonds. The summed E-state index contributed by atoms with van der Waals surface area (Å²) in [7, 11) is 3.07. The molecule has 0 saturated carbocycles. The maximum Gasteiger partial charge on any atom is 0.341 e. The number of benzene rings is 1. The molecule has 0 radical (unpaired) electrons. The molecule has 1 aliphatic carbocycles. The number of nitrogens with one attached hydrogen (secondary N) is 1. The number of carbonyl (C=O) groups excluding carboxylic acids is 2. The van der Waals surface area contributed by atoms with E-state index in [2.05, 4.69) is 5.32 Å². The van der Waals surface area contributed by atoms with E-state index in [1.54, 1.807) is 25.1 Å². The second-order valence-electron chi connectivity index (χ2n) is 6.90. The number of rotatable bonds is 6. The fourth-order valence-corrected chi connectivity index (χ4v) is 4.81. The molecule has 1 aliphatic rings. The van der Waals surface area contributed by atoms with Crippen LogP contribution in [-0.4, -0.2) is 32.7 Å². The van der Waals surface area contributed by atoms with Crippen molar-refractivity contribution in [3.05, 3.63) is 39.8 Å². The van der Waals surface area contributed by atoms with E-state index in [0.29, 0.717) is 34.2 Å². The first kappa shape index (κ1) is 21.2. The molecular formula is C22H27NO5S. The predicted molar refractivity (Wildman–Crippen MR) is 114 cm³/mol. The first-order valence-corrected chi connectivity index (χ1v) is 10.7. The highest BCUT2D eigenvalue weighted by Gasteiger charge is 2.26. The highest BCUT2D eigenvalue weighted by molar-refractivity contribution is 7.17. The minimum atomic E-state index is -0.371. The second-order valence-corrected chi connectivity index (χ2v) is 8.00. The van der Waals surface area contributed by atoms with Crippen LogP contribution in [0.2, 0.25) is 0 Å². The quantitative estimate of drug-likeness (QED) is 0.680. The van der Waals surface area contributed by atoms with Gasteiger partial charge in [0.2, 0.25) is 0 Å². The lowest BCUT2D eigenvalue weighted by Gasteiger charge is -2.12. The molecule has 156 valence electrons. The van der Waals surface area contributed by atoms with Gasteiger partial charge in [0, 0.05) is 16.5 Å². The lowest BCUT2D eigenvalue weighted by molar-refractivity contribution is 0.0526.